The van der Waals surface area contributed by atoms with Crippen LogP contribution in [0.5, 0.6) is 5.75 Å². The quantitative estimate of drug-likeness (QED) is 0.196. The molecule has 0 bridgehead atoms. The van der Waals surface area contributed by atoms with E-state index in [9.17, 15) is 19.7 Å². The van der Waals surface area contributed by atoms with Crippen LogP contribution in [0.3, 0.4) is 0 Å². The van der Waals surface area contributed by atoms with Gasteiger partial charge in [0, 0.05) is 25.2 Å². The van der Waals surface area contributed by atoms with Crippen LogP contribution in [0.15, 0.2) is 37.4 Å². The Morgan fingerprint density at radius 1 is 1.27 bits per heavy atom. The van der Waals surface area contributed by atoms with Crippen LogP contribution in [0.2, 0.25) is 0 Å². The van der Waals surface area contributed by atoms with Gasteiger partial charge in [-0.3, -0.25) is 14.9 Å². The maximum Gasteiger partial charge on any atom is 0.344 e. The fourth-order valence-corrected chi connectivity index (χ4v) is 2.27. The molecule has 0 fully saturated rings. The predicted octanol–water partition coefficient (Wildman–Crippen LogP) is 2.92. The average molecular weight is 362 g/mol. The third-order valence-corrected chi connectivity index (χ3v) is 3.34. The molecule has 0 saturated heterocycles. The van der Waals surface area contributed by atoms with Gasteiger partial charge in [0.2, 0.25) is 0 Å². The van der Waals surface area contributed by atoms with E-state index in [1.54, 1.807) is 24.0 Å². The number of carbonyl (C=O) groups is 2. The number of rotatable bonds is 11. The topological polar surface area (TPSA) is 99.0 Å². The molecule has 0 aliphatic rings. The molecular weight excluding hydrogens is 340 g/mol. The molecule has 0 saturated carbocycles. The summed E-state index contributed by atoms with van der Waals surface area (Å²) in [4.78, 5) is 36.0. The standard InChI is InChI=1S/C18H22N2O6/c1-5-8-19(9-6-2)15-11-17(26-12-18(22)25-7-3)14(13(4)21)10-16(15)20(23)24/h5-6,10-11H,1-2,7-9,12H2,3-4H3. The number of hydrogen-bond acceptors (Lipinski definition) is 7. The molecule has 0 spiro atoms. The highest BCUT2D eigenvalue weighted by atomic mass is 16.6. The van der Waals surface area contributed by atoms with Crippen LogP contribution in [-0.2, 0) is 9.53 Å². The molecule has 0 heterocycles. The van der Waals surface area contributed by atoms with E-state index in [1.165, 1.54) is 13.0 Å². The summed E-state index contributed by atoms with van der Waals surface area (Å²) in [5, 5.41) is 11.5. The van der Waals surface area contributed by atoms with Gasteiger partial charge in [0.05, 0.1) is 17.1 Å². The molecule has 0 amide bonds. The summed E-state index contributed by atoms with van der Waals surface area (Å²) >= 11 is 0. The number of Topliss-reactive ketones (excluding diaryl/α,β-unsaturated/α-hetero) is 1. The normalized spacial score (nSPS) is 9.92. The van der Waals surface area contributed by atoms with Gasteiger partial charge in [-0.05, 0) is 13.8 Å². The zero-order valence-corrected chi connectivity index (χ0v) is 14.9. The van der Waals surface area contributed by atoms with E-state index in [-0.39, 0.29) is 29.3 Å². The van der Waals surface area contributed by atoms with Crippen molar-refractivity contribution in [2.75, 3.05) is 31.2 Å². The van der Waals surface area contributed by atoms with Crippen molar-refractivity contribution in [3.8, 4) is 5.75 Å². The molecule has 1 aromatic carbocycles. The SMILES string of the molecule is C=CCN(CC=C)c1cc(OCC(=O)OCC)c(C(C)=O)cc1[N+](=O)[O-]. The molecule has 8 heteroatoms. The van der Waals surface area contributed by atoms with E-state index in [1.807, 2.05) is 0 Å². The zero-order chi connectivity index (χ0) is 19.7. The smallest absolute Gasteiger partial charge is 0.344 e. The first-order valence-corrected chi connectivity index (χ1v) is 7.94. The highest BCUT2D eigenvalue weighted by Crippen LogP contribution is 2.36. The van der Waals surface area contributed by atoms with Gasteiger partial charge in [-0.1, -0.05) is 12.2 Å². The molecule has 1 aromatic rings. The summed E-state index contributed by atoms with van der Waals surface area (Å²) in [5.74, 6) is -0.947. The predicted molar refractivity (Wildman–Crippen MR) is 97.8 cm³/mol. The van der Waals surface area contributed by atoms with Crippen LogP contribution in [-0.4, -0.2) is 43.0 Å². The van der Waals surface area contributed by atoms with Crippen LogP contribution in [0, 0.1) is 10.1 Å². The van der Waals surface area contributed by atoms with Crippen molar-refractivity contribution in [2.24, 2.45) is 0 Å². The first-order chi connectivity index (χ1) is 12.3. The first-order valence-electron chi connectivity index (χ1n) is 7.94. The summed E-state index contributed by atoms with van der Waals surface area (Å²) in [5.41, 5.74) is 0.00273. The Morgan fingerprint density at radius 2 is 1.88 bits per heavy atom. The summed E-state index contributed by atoms with van der Waals surface area (Å²) in [7, 11) is 0. The van der Waals surface area contributed by atoms with E-state index in [2.05, 4.69) is 13.2 Å². The molecule has 0 radical (unpaired) electrons. The van der Waals surface area contributed by atoms with E-state index >= 15 is 0 Å². The largest absolute Gasteiger partial charge is 0.481 e. The van der Waals surface area contributed by atoms with Crippen LogP contribution >= 0.6 is 0 Å². The number of nitro groups is 1. The van der Waals surface area contributed by atoms with Gasteiger partial charge in [0.1, 0.15) is 11.4 Å². The Kier molecular flexibility index (Phi) is 8.01. The zero-order valence-electron chi connectivity index (χ0n) is 14.9. The fraction of sp³-hybridized carbons (Fsp3) is 0.333. The number of nitrogens with zero attached hydrogens (tertiary/aromatic N) is 2. The van der Waals surface area contributed by atoms with Crippen molar-refractivity contribution >= 4 is 23.1 Å². The van der Waals surface area contributed by atoms with Crippen LogP contribution < -0.4 is 9.64 Å². The van der Waals surface area contributed by atoms with Crippen molar-refractivity contribution in [3.63, 3.8) is 0 Å². The lowest BCUT2D eigenvalue weighted by molar-refractivity contribution is -0.384. The number of hydrogen-bond donors (Lipinski definition) is 0. The number of nitro benzene ring substituents is 1. The Hall–Kier alpha value is -3.16. The van der Waals surface area contributed by atoms with Crippen LogP contribution in [0.1, 0.15) is 24.2 Å². The van der Waals surface area contributed by atoms with Gasteiger partial charge >= 0.3 is 5.97 Å². The number of carbonyl (C=O) groups excluding carboxylic acids is 2. The average Bonchev–Trinajstić information content (AvgIpc) is 2.59. The second-order valence-corrected chi connectivity index (χ2v) is 5.23. The molecule has 0 N–H and O–H groups in total. The molecule has 8 nitrogen and oxygen atoms in total. The van der Waals surface area contributed by atoms with E-state index in [4.69, 9.17) is 9.47 Å². The second-order valence-electron chi connectivity index (χ2n) is 5.23. The van der Waals surface area contributed by atoms with Crippen molar-refractivity contribution in [3.05, 3.63) is 53.1 Å². The molecule has 1 rings (SSSR count). The minimum atomic E-state index is -0.601. The third kappa shape index (κ3) is 5.44. The highest BCUT2D eigenvalue weighted by molar-refractivity contribution is 5.98. The van der Waals surface area contributed by atoms with Gasteiger partial charge in [0.15, 0.2) is 12.4 Å². The summed E-state index contributed by atoms with van der Waals surface area (Å²) in [6.45, 7) is 10.6. The first kappa shape index (κ1) is 20.9. The Balaban J connectivity index is 3.42. The number of esters is 1. The van der Waals surface area contributed by atoms with Gasteiger partial charge in [-0.25, -0.2) is 4.79 Å². The lowest BCUT2D eigenvalue weighted by Gasteiger charge is -2.22. The number of ether oxygens (including phenoxy) is 2. The number of benzene rings is 1. The molecular formula is C18H22N2O6. The summed E-state index contributed by atoms with van der Waals surface area (Å²) in [6.07, 6.45) is 3.18. The fourth-order valence-electron chi connectivity index (χ4n) is 2.27. The number of ketones is 1. The molecule has 26 heavy (non-hydrogen) atoms. The molecule has 140 valence electrons. The van der Waals surface area contributed by atoms with E-state index < -0.39 is 23.3 Å². The van der Waals surface area contributed by atoms with E-state index in [0.29, 0.717) is 13.1 Å². The minimum absolute atomic E-state index is 0.0157. The van der Waals surface area contributed by atoms with Crippen molar-refractivity contribution < 1.29 is 24.0 Å². The lowest BCUT2D eigenvalue weighted by atomic mass is 10.1. The molecule has 0 atom stereocenters. The van der Waals surface area contributed by atoms with Gasteiger partial charge in [-0.2, -0.15) is 0 Å². The maximum atomic E-state index is 11.9. The van der Waals surface area contributed by atoms with Crippen molar-refractivity contribution in [1.29, 1.82) is 0 Å². The Bertz CT molecular complexity index is 704. The lowest BCUT2D eigenvalue weighted by Crippen LogP contribution is -2.24. The number of anilines is 1. The molecule has 0 aliphatic carbocycles. The molecule has 0 aliphatic heterocycles. The van der Waals surface area contributed by atoms with Gasteiger partial charge in [-0.15, -0.1) is 13.2 Å². The molecule has 0 aromatic heterocycles. The molecule has 0 unspecified atom stereocenters. The highest BCUT2D eigenvalue weighted by Gasteiger charge is 2.24. The van der Waals surface area contributed by atoms with Gasteiger partial charge in [0.25, 0.3) is 5.69 Å². The summed E-state index contributed by atoms with van der Waals surface area (Å²) < 4.78 is 10.2. The third-order valence-electron chi connectivity index (χ3n) is 3.34. The maximum absolute atomic E-state index is 11.9. The minimum Gasteiger partial charge on any atom is -0.481 e. The monoisotopic (exact) mass is 362 g/mol. The van der Waals surface area contributed by atoms with Gasteiger partial charge < -0.3 is 14.4 Å². The second kappa shape index (κ2) is 9.97. The van der Waals surface area contributed by atoms with Crippen molar-refractivity contribution in [2.45, 2.75) is 13.8 Å². The summed E-state index contributed by atoms with van der Waals surface area (Å²) in [6, 6.07) is 2.53. The van der Waals surface area contributed by atoms with Crippen LogP contribution in [0.4, 0.5) is 11.4 Å². The van der Waals surface area contributed by atoms with Crippen LogP contribution in [0.25, 0.3) is 0 Å². The Morgan fingerprint density at radius 3 is 2.35 bits per heavy atom. The van der Waals surface area contributed by atoms with Crippen molar-refractivity contribution in [1.82, 2.24) is 0 Å². The Labute approximate surface area is 151 Å². The van der Waals surface area contributed by atoms with E-state index in [0.717, 1.165) is 6.07 Å².